The fraction of sp³-hybridized carbons (Fsp3) is 0.415. The lowest BCUT2D eigenvalue weighted by Gasteiger charge is -2.41. The number of anilines is 2. The third kappa shape index (κ3) is 16.9. The Bertz CT molecular complexity index is 4670. The Hall–Kier alpha value is -8.85. The number of imidazole rings is 2. The first-order chi connectivity index (χ1) is 53.2. The highest BCUT2D eigenvalue weighted by Crippen LogP contribution is 2.57. The number of carbonyl (C=O) groups is 2. The molecule has 4 aromatic heterocycles. The van der Waals surface area contributed by atoms with Crippen LogP contribution in [0.3, 0.4) is 0 Å². The van der Waals surface area contributed by atoms with Crippen molar-refractivity contribution in [2.24, 2.45) is 11.8 Å². The van der Waals surface area contributed by atoms with Crippen LogP contribution in [0.15, 0.2) is 180 Å². The van der Waals surface area contributed by atoms with Gasteiger partial charge in [-0.2, -0.15) is 9.97 Å². The Morgan fingerprint density at radius 3 is 1.04 bits per heavy atom. The largest absolute Gasteiger partial charge is 0.698 e. The number of hydrogen-bond donors (Lipinski definition) is 4. The number of rotatable bonds is 30. The number of aromatic amines is 2. The van der Waals surface area contributed by atoms with Crippen molar-refractivity contribution < 1.29 is 60.5 Å². The summed E-state index contributed by atoms with van der Waals surface area (Å²) in [6.07, 6.45) is -1.54. The maximum Gasteiger partial charge on any atom is 0.698 e. The van der Waals surface area contributed by atoms with Gasteiger partial charge < -0.3 is 37.3 Å². The highest BCUT2D eigenvalue weighted by molar-refractivity contribution is 8.00. The van der Waals surface area contributed by atoms with Gasteiger partial charge in [0.25, 0.3) is 11.1 Å². The number of nitrogens with one attached hydrogen (secondary N) is 4. The van der Waals surface area contributed by atoms with Crippen LogP contribution >= 0.6 is 31.8 Å². The number of fused-ring (bicyclic) bond motifs is 2. The fourth-order valence-corrected chi connectivity index (χ4v) is 20.3. The molecule has 2 aliphatic heterocycles. The average Bonchev–Trinajstić information content (AvgIpc) is 0.804. The molecule has 112 heavy (non-hydrogen) atoms. The summed E-state index contributed by atoms with van der Waals surface area (Å²) >= 11 is 2.80. The fourth-order valence-electron chi connectivity index (χ4n) is 13.3. The van der Waals surface area contributed by atoms with E-state index in [9.17, 15) is 19.2 Å². The highest BCUT2D eigenvalue weighted by atomic mass is 32.2. The van der Waals surface area contributed by atoms with Crippen LogP contribution in [0.2, 0.25) is 36.3 Å². The highest BCUT2D eigenvalue weighted by Gasteiger charge is 2.60. The molecule has 0 bridgehead atoms. The molecule has 2 fully saturated rings. The summed E-state index contributed by atoms with van der Waals surface area (Å²) in [4.78, 5) is 80.0. The van der Waals surface area contributed by atoms with Crippen LogP contribution in [0.1, 0.15) is 113 Å². The van der Waals surface area contributed by atoms with Crippen LogP contribution < -0.4 is 40.7 Å². The first-order valence-corrected chi connectivity index (χ1v) is 46.0. The molecular formula is C82H100N10O15PS2Si2+. The molecule has 0 saturated carbocycles. The summed E-state index contributed by atoms with van der Waals surface area (Å²) in [5, 5.41) is 1.31. The summed E-state index contributed by atoms with van der Waals surface area (Å²) in [6, 6.07) is 50.8. The van der Waals surface area contributed by atoms with Gasteiger partial charge in [0.1, 0.15) is 44.9 Å². The van der Waals surface area contributed by atoms with Crippen LogP contribution in [0.5, 0.6) is 23.0 Å². The molecule has 6 aromatic carbocycles. The van der Waals surface area contributed by atoms with Crippen molar-refractivity contribution in [3.8, 4) is 23.0 Å². The van der Waals surface area contributed by atoms with E-state index in [1.54, 1.807) is 65.3 Å². The first-order valence-electron chi connectivity index (χ1n) is 37.2. The zero-order valence-electron chi connectivity index (χ0n) is 66.4. The van der Waals surface area contributed by atoms with Gasteiger partial charge in [0.15, 0.2) is 51.2 Å². The van der Waals surface area contributed by atoms with E-state index in [1.807, 2.05) is 158 Å². The van der Waals surface area contributed by atoms with Crippen molar-refractivity contribution in [3.05, 3.63) is 224 Å². The van der Waals surface area contributed by atoms with Gasteiger partial charge in [-0.05, 0) is 118 Å². The SMILES string of the molecule is COc1ccc(C(OC[C@H]2S[C@@H](n3cnc4c(=O)[nH]c(NC(=O)C(C)C)nc43)[C@H](O[P+](=O)O[C@@H]3[C@H](O[Si](C)(C)C(C)(C)C)[C@@H](COC(c4ccccc4)(c4ccc(OC)cc4)c4ccc(OC)cc4)S[C@H]3n3cnc4c(=O)[nH]c(NC(=O)C(C)C)nc43)[C@@H]2O[Si](C)(C)C(C)(C)C)(c2ccccc2)c2ccc(OC)cc2)cc1. The van der Waals surface area contributed by atoms with Crippen LogP contribution in [0.4, 0.5) is 11.9 Å². The standard InChI is InChI=1S/C82H99N10O15PS2Si2/c1-49(2)71(93)87-77-85-69-63(73(95)89-77)83-47-91(69)75-67(65(106-111(15,16)79(5,6)7)61(109-75)45-102-81(51-25-21-19-22-26-51,53-29-37-57(98-11)38-30-53)54-31-39-58(99-12)40-32-54)104-108(97)105-68-66(107-112(17,18)80(8,9)10)62(110-76(68)92-48-84-64-70(92)86-78(90-74(64)96)88-72(94)50(3)4)46-103-82(52-27-23-20-24-28-52,55-33-41-59(100-13)42-34-55)56-35-43-60(101-14)44-36-56/h19-44,47-50,61-62,65-68,75-76H,45-46H2,1-18H3,(H3-,85,86,87,88,89,90,93,94,95,96)/p+1/t61-,62-,65-,66-,67-,68-,75-,76-/m1/s1. The Morgan fingerprint density at radius 2 is 0.768 bits per heavy atom. The summed E-state index contributed by atoms with van der Waals surface area (Å²) in [6.45, 7) is 28.1. The Kier molecular flexibility index (Phi) is 24.8. The number of amides is 2. The molecule has 4 N–H and O–H groups in total. The van der Waals surface area contributed by atoms with E-state index >= 15 is 4.57 Å². The minimum Gasteiger partial charge on any atom is -0.497 e. The molecular weight excluding hydrogens is 1520 g/mol. The molecule has 0 aliphatic carbocycles. The van der Waals surface area contributed by atoms with Crippen molar-refractivity contribution in [3.63, 3.8) is 0 Å². The third-order valence-electron chi connectivity index (χ3n) is 21.7. The second kappa shape index (κ2) is 33.7. The lowest BCUT2D eigenvalue weighted by Crippen LogP contribution is -2.51. The van der Waals surface area contributed by atoms with Gasteiger partial charge in [-0.1, -0.05) is 178 Å². The predicted molar refractivity (Wildman–Crippen MR) is 442 cm³/mol. The van der Waals surface area contributed by atoms with Gasteiger partial charge in [0, 0.05) is 16.4 Å². The number of thioether (sulfide) groups is 2. The minimum atomic E-state index is -3.38. The zero-order valence-corrected chi connectivity index (χ0v) is 71.0. The van der Waals surface area contributed by atoms with Crippen molar-refractivity contribution >= 4 is 94.5 Å². The molecule has 8 atom stereocenters. The average molecular weight is 1620 g/mol. The quantitative estimate of drug-likeness (QED) is 0.0185. The number of nitrogens with zero attached hydrogens (tertiary/aromatic N) is 6. The van der Waals surface area contributed by atoms with Gasteiger partial charge in [-0.3, -0.25) is 48.9 Å². The monoisotopic (exact) mass is 1620 g/mol. The summed E-state index contributed by atoms with van der Waals surface area (Å²) in [5.41, 5.74) is 0.846. The third-order valence-corrected chi connectivity index (χ3v) is 34.5. The van der Waals surface area contributed by atoms with Crippen LogP contribution in [0.25, 0.3) is 22.3 Å². The maximum atomic E-state index is 16.7. The number of ether oxygens (including phenoxy) is 6. The van der Waals surface area contributed by atoms with E-state index in [0.717, 1.165) is 33.4 Å². The van der Waals surface area contributed by atoms with Crippen molar-refractivity contribution in [1.29, 1.82) is 0 Å². The van der Waals surface area contributed by atoms with E-state index < -0.39 is 127 Å². The second-order valence-electron chi connectivity index (χ2n) is 31.6. The van der Waals surface area contributed by atoms with Gasteiger partial charge in [0.2, 0.25) is 23.7 Å². The van der Waals surface area contributed by atoms with Crippen LogP contribution in [0, 0.1) is 11.8 Å². The van der Waals surface area contributed by atoms with E-state index in [-0.39, 0.29) is 47.4 Å². The predicted octanol–water partition coefficient (Wildman–Crippen LogP) is 15.9. The van der Waals surface area contributed by atoms with Gasteiger partial charge >= 0.3 is 8.25 Å². The van der Waals surface area contributed by atoms with Gasteiger partial charge in [-0.25, -0.2) is 9.97 Å². The molecule has 0 spiro atoms. The molecule has 592 valence electrons. The second-order valence-corrected chi connectivity index (χ2v) is 44.7. The molecule has 25 nitrogen and oxygen atoms in total. The number of H-pyrrole nitrogens is 2. The topological polar surface area (TPSA) is 295 Å². The number of hydrogen-bond acceptors (Lipinski definition) is 21. The summed E-state index contributed by atoms with van der Waals surface area (Å²) in [7, 11) is -2.89. The molecule has 12 rings (SSSR count). The van der Waals surface area contributed by atoms with Gasteiger partial charge in [0.05, 0.1) is 77.0 Å². The number of carbonyl (C=O) groups excluding carboxylic acids is 2. The van der Waals surface area contributed by atoms with E-state index in [2.05, 4.69) is 98.3 Å². The Morgan fingerprint density at radius 1 is 0.473 bits per heavy atom. The van der Waals surface area contributed by atoms with Crippen molar-refractivity contribution in [1.82, 2.24) is 39.0 Å². The molecule has 10 aromatic rings. The minimum absolute atomic E-state index is 0.0434. The van der Waals surface area contributed by atoms with E-state index in [4.69, 9.17) is 56.3 Å². The van der Waals surface area contributed by atoms with E-state index in [1.165, 1.54) is 36.2 Å². The lowest BCUT2D eigenvalue weighted by atomic mass is 9.80. The number of methoxy groups -OCH3 is 4. The zero-order chi connectivity index (χ0) is 80.4. The van der Waals surface area contributed by atoms with Crippen molar-refractivity contribution in [2.45, 2.75) is 162 Å². The Balaban J connectivity index is 1.04. The smallest absolute Gasteiger partial charge is 0.497 e. The number of benzene rings is 6. The van der Waals surface area contributed by atoms with Crippen LogP contribution in [-0.2, 0) is 52.7 Å². The molecule has 2 amide bonds. The van der Waals surface area contributed by atoms with Gasteiger partial charge in [-0.15, -0.1) is 32.6 Å². The molecule has 6 heterocycles. The van der Waals surface area contributed by atoms with Crippen LogP contribution in [-0.4, -0.2) is 144 Å². The molecule has 2 saturated heterocycles. The number of aromatic nitrogens is 8. The molecule has 0 radical (unpaired) electrons. The normalized spacial score (nSPS) is 19.2. The molecule has 30 heteroatoms. The summed E-state index contributed by atoms with van der Waals surface area (Å²) in [5.74, 6) is 0.573. The maximum absolute atomic E-state index is 16.7. The summed E-state index contributed by atoms with van der Waals surface area (Å²) < 4.78 is 88.8. The van der Waals surface area contributed by atoms with E-state index in [0.29, 0.717) is 23.0 Å². The first kappa shape index (κ1) is 82.6. The Labute approximate surface area is 663 Å². The molecule has 0 unspecified atom stereocenters. The lowest BCUT2D eigenvalue weighted by molar-refractivity contribution is -0.119. The van der Waals surface area contributed by atoms with Crippen molar-refractivity contribution in [2.75, 3.05) is 52.3 Å². The molecule has 2 aliphatic rings.